The smallest absolute Gasteiger partial charge is 0.297 e. The van der Waals surface area contributed by atoms with E-state index in [-0.39, 0.29) is 6.54 Å². The third kappa shape index (κ3) is 7.58. The molecule has 0 aliphatic carbocycles. The van der Waals surface area contributed by atoms with Crippen LogP contribution in [0.3, 0.4) is 0 Å². The highest BCUT2D eigenvalue weighted by molar-refractivity contribution is 6.14. The van der Waals surface area contributed by atoms with E-state index in [9.17, 15) is 4.79 Å². The van der Waals surface area contributed by atoms with Crippen molar-refractivity contribution < 1.29 is 14.6 Å². The predicted octanol–water partition coefficient (Wildman–Crippen LogP) is 1.00. The van der Waals surface area contributed by atoms with Crippen molar-refractivity contribution in [2.45, 2.75) is 19.8 Å². The second-order valence-electron chi connectivity index (χ2n) is 1.94. The molecule has 0 saturated heterocycles. The second-order valence-corrected chi connectivity index (χ2v) is 2.21. The molecule has 0 aliphatic heterocycles. The van der Waals surface area contributed by atoms with Gasteiger partial charge in [0.05, 0.1) is 6.61 Å². The summed E-state index contributed by atoms with van der Waals surface area (Å²) in [5.74, 6) is -0.517. The van der Waals surface area contributed by atoms with Gasteiger partial charge in [-0.05, 0) is 18.2 Å². The molecular formula is C6H12ClNO3. The first-order valence-corrected chi connectivity index (χ1v) is 3.84. The Labute approximate surface area is 70.8 Å². The fraction of sp³-hybridized carbons (Fsp3) is 0.833. The molecule has 0 aromatic heterocycles. The number of nitrogens with one attached hydrogen (secondary N) is 1. The summed E-state index contributed by atoms with van der Waals surface area (Å²) in [7, 11) is 0. The minimum absolute atomic E-state index is 0.0479. The number of unbranched alkanes of at least 4 members (excludes halogenated alkanes) is 1. The van der Waals surface area contributed by atoms with E-state index in [1.807, 2.05) is 6.92 Å². The van der Waals surface area contributed by atoms with E-state index in [1.165, 1.54) is 0 Å². The Morgan fingerprint density at radius 3 is 2.91 bits per heavy atom. The van der Waals surface area contributed by atoms with Gasteiger partial charge in [0.25, 0.3) is 0 Å². The van der Waals surface area contributed by atoms with E-state index in [1.54, 1.807) is 0 Å². The van der Waals surface area contributed by atoms with Crippen molar-refractivity contribution in [2.75, 3.05) is 13.2 Å². The average molecular weight is 182 g/mol. The van der Waals surface area contributed by atoms with Crippen LogP contribution in [0.15, 0.2) is 0 Å². The van der Waals surface area contributed by atoms with Gasteiger partial charge in [-0.1, -0.05) is 13.3 Å². The maximum absolute atomic E-state index is 10.5. The van der Waals surface area contributed by atoms with Gasteiger partial charge in [0.15, 0.2) is 0 Å². The molecule has 0 saturated carbocycles. The number of hydrogen-bond donors (Lipinski definition) is 1. The number of hydrogen-bond acceptors (Lipinski definition) is 4. The predicted molar refractivity (Wildman–Crippen MR) is 40.8 cm³/mol. The minimum atomic E-state index is -0.517. The lowest BCUT2D eigenvalue weighted by Crippen LogP contribution is -2.17. The second kappa shape index (κ2) is 7.78. The number of rotatable bonds is 6. The van der Waals surface area contributed by atoms with Gasteiger partial charge in [0.2, 0.25) is 0 Å². The summed E-state index contributed by atoms with van der Waals surface area (Å²) < 4.78 is 0. The molecule has 0 aliphatic rings. The van der Waals surface area contributed by atoms with Crippen LogP contribution in [-0.2, 0) is 14.6 Å². The number of halogens is 1. The van der Waals surface area contributed by atoms with Crippen molar-refractivity contribution in [3.63, 3.8) is 0 Å². The van der Waals surface area contributed by atoms with Crippen molar-refractivity contribution in [3.05, 3.63) is 0 Å². The van der Waals surface area contributed by atoms with Crippen molar-refractivity contribution in [3.8, 4) is 0 Å². The Morgan fingerprint density at radius 1 is 1.64 bits per heavy atom. The van der Waals surface area contributed by atoms with Crippen LogP contribution in [0.4, 0.5) is 0 Å². The molecule has 0 bridgehead atoms. The fourth-order valence-corrected chi connectivity index (χ4v) is 0.504. The topological polar surface area (TPSA) is 47.6 Å². The lowest BCUT2D eigenvalue weighted by molar-refractivity contribution is -0.271. The van der Waals surface area contributed by atoms with Crippen molar-refractivity contribution in [1.29, 1.82) is 0 Å². The van der Waals surface area contributed by atoms with Crippen LogP contribution in [0.5, 0.6) is 0 Å². The Hall–Kier alpha value is -0.320. The first-order valence-electron chi connectivity index (χ1n) is 3.47. The lowest BCUT2D eigenvalue weighted by Gasteiger charge is -2.00. The molecule has 0 fully saturated rings. The standard InChI is InChI=1S/C6H12ClNO3/c1-2-3-4-10-11-6(9)5-8-7/h8H,2-5H2,1H3. The minimum Gasteiger partial charge on any atom is -0.297 e. The van der Waals surface area contributed by atoms with Crippen LogP contribution in [0, 0.1) is 0 Å². The van der Waals surface area contributed by atoms with Crippen LogP contribution in [-0.4, -0.2) is 19.1 Å². The lowest BCUT2D eigenvalue weighted by atomic mass is 10.4. The van der Waals surface area contributed by atoms with E-state index in [0.717, 1.165) is 12.8 Å². The molecule has 0 aromatic carbocycles. The molecule has 1 N–H and O–H groups in total. The van der Waals surface area contributed by atoms with Gasteiger partial charge in [-0.2, -0.15) is 4.89 Å². The molecular weight excluding hydrogens is 170 g/mol. The third-order valence-electron chi connectivity index (χ3n) is 0.944. The fourth-order valence-electron chi connectivity index (χ4n) is 0.395. The molecule has 0 atom stereocenters. The van der Waals surface area contributed by atoms with Gasteiger partial charge < -0.3 is 0 Å². The maximum atomic E-state index is 10.5. The molecule has 0 amide bonds. The van der Waals surface area contributed by atoms with E-state index in [0.29, 0.717) is 6.61 Å². The van der Waals surface area contributed by atoms with E-state index < -0.39 is 5.97 Å². The van der Waals surface area contributed by atoms with E-state index in [4.69, 9.17) is 11.8 Å². The SMILES string of the molecule is CCCCOOC(=O)CNCl. The summed E-state index contributed by atoms with van der Waals surface area (Å²) in [6, 6.07) is 0. The zero-order valence-electron chi connectivity index (χ0n) is 6.43. The van der Waals surface area contributed by atoms with Crippen LogP contribution in [0.1, 0.15) is 19.8 Å². The van der Waals surface area contributed by atoms with Crippen molar-refractivity contribution in [1.82, 2.24) is 4.84 Å². The van der Waals surface area contributed by atoms with E-state index in [2.05, 4.69) is 14.6 Å². The molecule has 11 heavy (non-hydrogen) atoms. The molecule has 4 nitrogen and oxygen atoms in total. The van der Waals surface area contributed by atoms with Crippen LogP contribution < -0.4 is 4.84 Å². The van der Waals surface area contributed by atoms with Crippen molar-refractivity contribution in [2.24, 2.45) is 0 Å². The van der Waals surface area contributed by atoms with E-state index >= 15 is 0 Å². The van der Waals surface area contributed by atoms with Gasteiger partial charge in [-0.25, -0.2) is 9.63 Å². The highest BCUT2D eigenvalue weighted by atomic mass is 35.5. The molecule has 0 spiro atoms. The summed E-state index contributed by atoms with van der Waals surface area (Å²) in [6.45, 7) is 2.41. The highest BCUT2D eigenvalue weighted by Gasteiger charge is 2.00. The normalized spacial score (nSPS) is 9.64. The molecule has 0 unspecified atom stereocenters. The third-order valence-corrected chi connectivity index (χ3v) is 1.08. The molecule has 0 aromatic rings. The van der Waals surface area contributed by atoms with Gasteiger partial charge in [-0.15, -0.1) is 0 Å². The molecule has 0 radical (unpaired) electrons. The van der Waals surface area contributed by atoms with Gasteiger partial charge in [0.1, 0.15) is 6.54 Å². The molecule has 0 heterocycles. The zero-order valence-corrected chi connectivity index (χ0v) is 7.19. The quantitative estimate of drug-likeness (QED) is 0.288. The number of carbonyl (C=O) groups excluding carboxylic acids is 1. The first-order chi connectivity index (χ1) is 5.31. The average Bonchev–Trinajstić information content (AvgIpc) is 1.99. The summed E-state index contributed by atoms with van der Waals surface area (Å²) in [6.07, 6.45) is 1.88. The van der Waals surface area contributed by atoms with Crippen LogP contribution >= 0.6 is 11.8 Å². The zero-order chi connectivity index (χ0) is 8.53. The van der Waals surface area contributed by atoms with Gasteiger partial charge >= 0.3 is 5.97 Å². The highest BCUT2D eigenvalue weighted by Crippen LogP contribution is 1.88. The Morgan fingerprint density at radius 2 is 2.36 bits per heavy atom. The summed E-state index contributed by atoms with van der Waals surface area (Å²) >= 11 is 5.03. The monoisotopic (exact) mass is 181 g/mol. The van der Waals surface area contributed by atoms with Gasteiger partial charge in [0, 0.05) is 0 Å². The Balaban J connectivity index is 3.04. The summed E-state index contributed by atoms with van der Waals surface area (Å²) in [4.78, 5) is 21.5. The summed E-state index contributed by atoms with van der Waals surface area (Å²) in [5, 5.41) is 0. The Kier molecular flexibility index (Phi) is 7.56. The first kappa shape index (κ1) is 10.7. The van der Waals surface area contributed by atoms with Crippen LogP contribution in [0.25, 0.3) is 0 Å². The van der Waals surface area contributed by atoms with Crippen LogP contribution in [0.2, 0.25) is 0 Å². The van der Waals surface area contributed by atoms with Crippen molar-refractivity contribution >= 4 is 17.7 Å². The number of carbonyl (C=O) groups is 1. The molecule has 0 rings (SSSR count). The van der Waals surface area contributed by atoms with Gasteiger partial charge in [-0.3, -0.25) is 4.89 Å². The molecule has 66 valence electrons. The maximum Gasteiger partial charge on any atom is 0.357 e. The Bertz CT molecular complexity index is 110. The largest absolute Gasteiger partial charge is 0.357 e. The molecule has 5 heteroatoms. The summed E-state index contributed by atoms with van der Waals surface area (Å²) in [5.41, 5.74) is 0.